The summed E-state index contributed by atoms with van der Waals surface area (Å²) in [5.74, 6) is 1.23. The van der Waals surface area contributed by atoms with Gasteiger partial charge in [0.15, 0.2) is 0 Å². The van der Waals surface area contributed by atoms with Crippen LogP contribution in [0.1, 0.15) is 16.8 Å². The minimum absolute atomic E-state index is 0.531. The number of benzene rings is 1. The molecule has 0 fully saturated rings. The predicted octanol–water partition coefficient (Wildman–Crippen LogP) is 2.70. The van der Waals surface area contributed by atoms with E-state index in [1.165, 1.54) is 0 Å². The molecule has 0 amide bonds. The molecule has 0 aliphatic rings. The van der Waals surface area contributed by atoms with E-state index >= 15 is 0 Å². The first kappa shape index (κ1) is 11.2. The molecule has 2 rings (SSSR count). The summed E-state index contributed by atoms with van der Waals surface area (Å²) in [7, 11) is 1.81. The van der Waals surface area contributed by atoms with Crippen molar-refractivity contribution < 1.29 is 4.74 Å². The maximum absolute atomic E-state index is 9.04. The Labute approximate surface area is 100 Å². The SMILES string of the molecule is Cc1cc(Oc2c(C)cccc2C#N)n(C)n1. The Balaban J connectivity index is 2.43. The summed E-state index contributed by atoms with van der Waals surface area (Å²) in [6.45, 7) is 3.81. The van der Waals surface area contributed by atoms with Gasteiger partial charge in [0.1, 0.15) is 11.8 Å². The Kier molecular flexibility index (Phi) is 2.84. The zero-order valence-electron chi connectivity index (χ0n) is 10.1. The first-order chi connectivity index (χ1) is 8.11. The Morgan fingerprint density at radius 1 is 1.35 bits per heavy atom. The molecule has 0 saturated carbocycles. The quantitative estimate of drug-likeness (QED) is 0.792. The summed E-state index contributed by atoms with van der Waals surface area (Å²) in [5, 5.41) is 13.2. The molecule has 0 bridgehead atoms. The number of hydrogen-bond donors (Lipinski definition) is 0. The Morgan fingerprint density at radius 2 is 2.12 bits per heavy atom. The number of aryl methyl sites for hydroxylation is 3. The molecular formula is C13H13N3O. The van der Waals surface area contributed by atoms with Crippen molar-refractivity contribution in [1.82, 2.24) is 9.78 Å². The standard InChI is InChI=1S/C13H13N3O/c1-9-5-4-6-11(8-14)13(9)17-12-7-10(2)15-16(12)3/h4-7H,1-3H3. The third-order valence-corrected chi connectivity index (χ3v) is 2.50. The van der Waals surface area contributed by atoms with E-state index in [1.807, 2.05) is 39.1 Å². The van der Waals surface area contributed by atoms with Gasteiger partial charge in [0.05, 0.1) is 11.3 Å². The average Bonchev–Trinajstić information content (AvgIpc) is 2.60. The fraction of sp³-hybridized carbons (Fsp3) is 0.231. The summed E-state index contributed by atoms with van der Waals surface area (Å²) < 4.78 is 7.42. The van der Waals surface area contributed by atoms with Crippen LogP contribution in [0.15, 0.2) is 24.3 Å². The molecule has 0 aliphatic heterocycles. The van der Waals surface area contributed by atoms with Gasteiger partial charge >= 0.3 is 0 Å². The van der Waals surface area contributed by atoms with E-state index in [1.54, 1.807) is 10.7 Å². The summed E-state index contributed by atoms with van der Waals surface area (Å²) in [6.07, 6.45) is 0. The van der Waals surface area contributed by atoms with Gasteiger partial charge in [-0.25, -0.2) is 4.68 Å². The van der Waals surface area contributed by atoms with Crippen molar-refractivity contribution in [3.05, 3.63) is 41.1 Å². The van der Waals surface area contributed by atoms with Crippen LogP contribution in [-0.4, -0.2) is 9.78 Å². The summed E-state index contributed by atoms with van der Waals surface area (Å²) >= 11 is 0. The smallest absolute Gasteiger partial charge is 0.217 e. The van der Waals surface area contributed by atoms with Crippen molar-refractivity contribution in [2.45, 2.75) is 13.8 Å². The highest BCUT2D eigenvalue weighted by molar-refractivity contribution is 5.49. The van der Waals surface area contributed by atoms with E-state index in [0.29, 0.717) is 17.2 Å². The van der Waals surface area contributed by atoms with E-state index in [9.17, 15) is 0 Å². The van der Waals surface area contributed by atoms with Gasteiger partial charge < -0.3 is 4.74 Å². The zero-order chi connectivity index (χ0) is 12.4. The van der Waals surface area contributed by atoms with E-state index in [4.69, 9.17) is 10.00 Å². The molecule has 17 heavy (non-hydrogen) atoms. The molecule has 0 atom stereocenters. The molecule has 4 nitrogen and oxygen atoms in total. The lowest BCUT2D eigenvalue weighted by molar-refractivity contribution is 0.426. The zero-order valence-corrected chi connectivity index (χ0v) is 10.1. The molecule has 1 heterocycles. The third kappa shape index (κ3) is 2.13. The van der Waals surface area contributed by atoms with Crippen LogP contribution in [0.4, 0.5) is 0 Å². The molecule has 0 radical (unpaired) electrons. The molecule has 4 heteroatoms. The minimum atomic E-state index is 0.531. The number of hydrogen-bond acceptors (Lipinski definition) is 3. The number of nitrogens with zero attached hydrogens (tertiary/aromatic N) is 3. The Bertz CT molecular complexity index is 593. The molecule has 1 aromatic heterocycles. The highest BCUT2D eigenvalue weighted by Gasteiger charge is 2.10. The third-order valence-electron chi connectivity index (χ3n) is 2.50. The van der Waals surface area contributed by atoms with E-state index in [-0.39, 0.29) is 0 Å². The van der Waals surface area contributed by atoms with Gasteiger partial charge in [-0.3, -0.25) is 0 Å². The summed E-state index contributed by atoms with van der Waals surface area (Å²) in [6, 6.07) is 9.47. The maximum atomic E-state index is 9.04. The Hall–Kier alpha value is -2.28. The molecule has 1 aromatic carbocycles. The molecule has 0 aliphatic carbocycles. The molecule has 0 unspecified atom stereocenters. The first-order valence-corrected chi connectivity index (χ1v) is 5.30. The van der Waals surface area contributed by atoms with Crippen molar-refractivity contribution in [2.24, 2.45) is 7.05 Å². The summed E-state index contributed by atoms with van der Waals surface area (Å²) in [5.41, 5.74) is 2.35. The number of ether oxygens (including phenoxy) is 1. The lowest BCUT2D eigenvalue weighted by Crippen LogP contribution is -1.97. The monoisotopic (exact) mass is 227 g/mol. The normalized spacial score (nSPS) is 10.0. The van der Waals surface area contributed by atoms with Crippen molar-refractivity contribution in [3.8, 4) is 17.7 Å². The van der Waals surface area contributed by atoms with Crippen molar-refractivity contribution >= 4 is 0 Å². The minimum Gasteiger partial charge on any atom is -0.438 e. The first-order valence-electron chi connectivity index (χ1n) is 5.30. The fourth-order valence-electron chi connectivity index (χ4n) is 1.66. The lowest BCUT2D eigenvalue weighted by Gasteiger charge is -2.09. The second-order valence-corrected chi connectivity index (χ2v) is 3.91. The van der Waals surface area contributed by atoms with Gasteiger partial charge in [-0.15, -0.1) is 0 Å². The van der Waals surface area contributed by atoms with Gasteiger partial charge in [0.25, 0.3) is 0 Å². The molecule has 86 valence electrons. The molecule has 2 aromatic rings. The van der Waals surface area contributed by atoms with Gasteiger partial charge in [0, 0.05) is 13.1 Å². The Morgan fingerprint density at radius 3 is 2.71 bits per heavy atom. The van der Waals surface area contributed by atoms with Crippen LogP contribution in [0.3, 0.4) is 0 Å². The van der Waals surface area contributed by atoms with Crippen LogP contribution < -0.4 is 4.74 Å². The van der Waals surface area contributed by atoms with Crippen LogP contribution in [0.2, 0.25) is 0 Å². The van der Waals surface area contributed by atoms with Gasteiger partial charge in [-0.05, 0) is 25.5 Å². The van der Waals surface area contributed by atoms with Crippen molar-refractivity contribution in [2.75, 3.05) is 0 Å². The average molecular weight is 227 g/mol. The van der Waals surface area contributed by atoms with E-state index in [0.717, 1.165) is 11.3 Å². The number of nitriles is 1. The van der Waals surface area contributed by atoms with Gasteiger partial charge in [-0.1, -0.05) is 12.1 Å². The molecular weight excluding hydrogens is 214 g/mol. The topological polar surface area (TPSA) is 50.8 Å². The number of rotatable bonds is 2. The molecule has 0 N–H and O–H groups in total. The van der Waals surface area contributed by atoms with Crippen LogP contribution >= 0.6 is 0 Å². The number of aromatic nitrogens is 2. The van der Waals surface area contributed by atoms with Crippen LogP contribution in [0, 0.1) is 25.2 Å². The predicted molar refractivity (Wildman–Crippen MR) is 63.9 cm³/mol. The van der Waals surface area contributed by atoms with Crippen LogP contribution in [-0.2, 0) is 7.05 Å². The van der Waals surface area contributed by atoms with Gasteiger partial charge in [-0.2, -0.15) is 10.4 Å². The fourth-order valence-corrected chi connectivity index (χ4v) is 1.66. The molecule has 0 spiro atoms. The maximum Gasteiger partial charge on any atom is 0.217 e. The second kappa shape index (κ2) is 4.30. The second-order valence-electron chi connectivity index (χ2n) is 3.91. The van der Waals surface area contributed by atoms with E-state index < -0.39 is 0 Å². The highest BCUT2D eigenvalue weighted by atomic mass is 16.5. The van der Waals surface area contributed by atoms with Crippen LogP contribution in [0.25, 0.3) is 0 Å². The largest absolute Gasteiger partial charge is 0.438 e. The molecule has 0 saturated heterocycles. The highest BCUT2D eigenvalue weighted by Crippen LogP contribution is 2.28. The summed E-state index contributed by atoms with van der Waals surface area (Å²) in [4.78, 5) is 0. The number of para-hydroxylation sites is 1. The van der Waals surface area contributed by atoms with Crippen molar-refractivity contribution in [3.63, 3.8) is 0 Å². The lowest BCUT2D eigenvalue weighted by atomic mass is 10.1. The van der Waals surface area contributed by atoms with Crippen LogP contribution in [0.5, 0.6) is 11.6 Å². The van der Waals surface area contributed by atoms with Gasteiger partial charge in [0.2, 0.25) is 5.88 Å². The van der Waals surface area contributed by atoms with Crippen molar-refractivity contribution in [1.29, 1.82) is 5.26 Å². The van der Waals surface area contributed by atoms with E-state index in [2.05, 4.69) is 11.2 Å².